The Kier molecular flexibility index (Phi) is 3.97. The number of carbonyl (C=O) groups is 1. The van der Waals surface area contributed by atoms with Crippen LogP contribution in [0.1, 0.15) is 31.2 Å². The van der Waals surface area contributed by atoms with Crippen LogP contribution in [0.15, 0.2) is 22.6 Å². The summed E-state index contributed by atoms with van der Waals surface area (Å²) < 4.78 is 55.8. The summed E-state index contributed by atoms with van der Waals surface area (Å²) in [6, 6.07) is 1.31. The van der Waals surface area contributed by atoms with Crippen molar-refractivity contribution in [1.29, 1.82) is 0 Å². The van der Waals surface area contributed by atoms with E-state index in [2.05, 4.69) is 0 Å². The van der Waals surface area contributed by atoms with Gasteiger partial charge in [-0.05, 0) is 30.9 Å². The molecule has 0 bridgehead atoms. The van der Waals surface area contributed by atoms with Crippen LogP contribution in [0.5, 0.6) is 0 Å². The highest BCUT2D eigenvalue weighted by Gasteiger charge is 2.35. The quantitative estimate of drug-likeness (QED) is 0.852. The van der Waals surface area contributed by atoms with Gasteiger partial charge in [0.25, 0.3) is 0 Å². The van der Waals surface area contributed by atoms with E-state index in [1.807, 2.05) is 0 Å². The van der Waals surface area contributed by atoms with Crippen LogP contribution in [0.2, 0.25) is 0 Å². The molecule has 1 heterocycles. The van der Waals surface area contributed by atoms with E-state index < -0.39 is 32.5 Å². The molecule has 1 aromatic rings. The van der Waals surface area contributed by atoms with E-state index in [9.17, 15) is 22.0 Å². The highest BCUT2D eigenvalue weighted by atomic mass is 32.2. The van der Waals surface area contributed by atoms with Crippen molar-refractivity contribution in [2.45, 2.75) is 30.6 Å². The molecular weight excluding hydrogens is 328 g/mol. The van der Waals surface area contributed by atoms with Crippen LogP contribution in [0.25, 0.3) is 5.57 Å². The number of carbonyl (C=O) groups excluding carboxylic acids is 1. The predicted molar refractivity (Wildman–Crippen MR) is 77.6 cm³/mol. The molecule has 8 heteroatoms. The molecule has 5 nitrogen and oxygen atoms in total. The molecule has 0 aromatic heterocycles. The normalized spacial score (nSPS) is 19.5. The molecule has 0 unspecified atom stereocenters. The smallest absolute Gasteiger partial charge is 0.335 e. The number of primary sulfonamides is 1. The Labute approximate surface area is 132 Å². The van der Waals surface area contributed by atoms with Crippen molar-refractivity contribution in [3.05, 3.63) is 34.9 Å². The molecule has 1 fully saturated rings. The molecule has 3 rings (SSSR count). The zero-order valence-corrected chi connectivity index (χ0v) is 13.0. The maximum absolute atomic E-state index is 14.3. The molecule has 1 saturated carbocycles. The fraction of sp³-hybridized carbons (Fsp3) is 0.400. The number of cyclic esters (lactones) is 1. The number of nitrogens with two attached hydrogens (primary N) is 1. The number of rotatable bonds is 3. The maximum atomic E-state index is 14.3. The fourth-order valence-corrected chi connectivity index (χ4v) is 3.84. The van der Waals surface area contributed by atoms with Crippen LogP contribution in [-0.4, -0.2) is 21.0 Å². The summed E-state index contributed by atoms with van der Waals surface area (Å²) in [5.41, 5.74) is 0.520. The molecule has 0 radical (unpaired) electrons. The molecule has 0 amide bonds. The van der Waals surface area contributed by atoms with Gasteiger partial charge >= 0.3 is 5.97 Å². The zero-order chi connectivity index (χ0) is 16.8. The van der Waals surface area contributed by atoms with Crippen LogP contribution in [0.3, 0.4) is 0 Å². The van der Waals surface area contributed by atoms with Crippen LogP contribution in [0, 0.1) is 17.6 Å². The van der Waals surface area contributed by atoms with Gasteiger partial charge in [-0.1, -0.05) is 12.8 Å². The first-order chi connectivity index (χ1) is 10.8. The van der Waals surface area contributed by atoms with E-state index in [-0.39, 0.29) is 18.1 Å². The van der Waals surface area contributed by atoms with Crippen molar-refractivity contribution in [2.75, 3.05) is 6.61 Å². The second-order valence-corrected chi connectivity index (χ2v) is 7.29. The van der Waals surface area contributed by atoms with Gasteiger partial charge in [0.2, 0.25) is 10.0 Å². The van der Waals surface area contributed by atoms with E-state index in [1.165, 1.54) is 0 Å². The molecular formula is C15H15F2NO4S. The summed E-state index contributed by atoms with van der Waals surface area (Å²) in [6.07, 6.45) is 3.53. The van der Waals surface area contributed by atoms with E-state index in [0.717, 1.165) is 31.7 Å². The average molecular weight is 343 g/mol. The van der Waals surface area contributed by atoms with Gasteiger partial charge in [-0.3, -0.25) is 0 Å². The largest absolute Gasteiger partial charge is 0.457 e. The Bertz CT molecular complexity index is 811. The van der Waals surface area contributed by atoms with Gasteiger partial charge in [0.05, 0.1) is 0 Å². The third-order valence-corrected chi connectivity index (χ3v) is 5.24. The third-order valence-electron chi connectivity index (χ3n) is 4.31. The summed E-state index contributed by atoms with van der Waals surface area (Å²) in [5, 5.41) is 4.85. The number of sulfonamides is 1. The minimum Gasteiger partial charge on any atom is -0.457 e. The molecule has 124 valence electrons. The summed E-state index contributed by atoms with van der Waals surface area (Å²) in [5.74, 6) is -2.64. The van der Waals surface area contributed by atoms with Gasteiger partial charge in [-0.25, -0.2) is 27.1 Å². The van der Waals surface area contributed by atoms with Crippen molar-refractivity contribution in [3.63, 3.8) is 0 Å². The van der Waals surface area contributed by atoms with Crippen LogP contribution in [-0.2, 0) is 19.6 Å². The second-order valence-electron chi connectivity index (χ2n) is 5.76. The Morgan fingerprint density at radius 1 is 1.13 bits per heavy atom. The highest BCUT2D eigenvalue weighted by Crippen LogP contribution is 2.40. The lowest BCUT2D eigenvalue weighted by Crippen LogP contribution is -2.15. The molecule has 0 atom stereocenters. The Morgan fingerprint density at radius 2 is 1.78 bits per heavy atom. The van der Waals surface area contributed by atoms with Gasteiger partial charge < -0.3 is 4.74 Å². The van der Waals surface area contributed by atoms with Crippen molar-refractivity contribution < 1.29 is 26.7 Å². The monoisotopic (exact) mass is 343 g/mol. The van der Waals surface area contributed by atoms with Crippen LogP contribution in [0.4, 0.5) is 8.78 Å². The predicted octanol–water partition coefficient (Wildman–Crippen LogP) is 2.11. The van der Waals surface area contributed by atoms with Crippen LogP contribution < -0.4 is 5.14 Å². The number of esters is 1. The summed E-state index contributed by atoms with van der Waals surface area (Å²) in [6.45, 7) is -0.143. The van der Waals surface area contributed by atoms with Gasteiger partial charge in [0, 0.05) is 16.7 Å². The summed E-state index contributed by atoms with van der Waals surface area (Å²) in [7, 11) is -4.37. The minimum absolute atomic E-state index is 0.0274. The topological polar surface area (TPSA) is 86.5 Å². The van der Waals surface area contributed by atoms with E-state index in [0.29, 0.717) is 17.2 Å². The second kappa shape index (κ2) is 5.68. The maximum Gasteiger partial charge on any atom is 0.335 e. The fourth-order valence-electron chi connectivity index (χ4n) is 3.24. The Balaban J connectivity index is 2.14. The molecule has 1 aliphatic heterocycles. The van der Waals surface area contributed by atoms with E-state index in [1.54, 1.807) is 0 Å². The number of hydrogen-bond donors (Lipinski definition) is 1. The SMILES string of the molecule is NS(=O)(=O)c1cc(F)c(C2=C(C3CCCC3)C(=O)OC2)cc1F. The summed E-state index contributed by atoms with van der Waals surface area (Å²) in [4.78, 5) is 11.0. The zero-order valence-electron chi connectivity index (χ0n) is 12.1. The lowest BCUT2D eigenvalue weighted by molar-refractivity contribution is -0.136. The van der Waals surface area contributed by atoms with Crippen molar-refractivity contribution in [3.8, 4) is 0 Å². The molecule has 0 spiro atoms. The number of halogens is 2. The lowest BCUT2D eigenvalue weighted by atomic mass is 9.91. The first-order valence-electron chi connectivity index (χ1n) is 7.21. The van der Waals surface area contributed by atoms with Crippen LogP contribution >= 0.6 is 0 Å². The first-order valence-corrected chi connectivity index (χ1v) is 8.76. The third kappa shape index (κ3) is 2.88. The minimum atomic E-state index is -4.37. The van der Waals surface area contributed by atoms with Gasteiger partial charge in [0.1, 0.15) is 23.1 Å². The van der Waals surface area contributed by atoms with Gasteiger partial charge in [0.15, 0.2) is 0 Å². The Hall–Kier alpha value is -1.80. The number of benzene rings is 1. The Morgan fingerprint density at radius 3 is 2.39 bits per heavy atom. The standard InChI is InChI=1S/C15H15F2NO4S/c16-11-6-13(23(18,20)21)12(17)5-9(11)10-7-22-15(19)14(10)8-3-1-2-4-8/h5-6,8H,1-4,7H2,(H2,18,20,21). The molecule has 2 aliphatic rings. The van der Waals surface area contributed by atoms with Gasteiger partial charge in [-0.15, -0.1) is 0 Å². The molecule has 23 heavy (non-hydrogen) atoms. The van der Waals surface area contributed by atoms with Crippen molar-refractivity contribution in [2.24, 2.45) is 11.1 Å². The number of ether oxygens (including phenoxy) is 1. The average Bonchev–Trinajstić information content (AvgIpc) is 3.08. The lowest BCUT2D eigenvalue weighted by Gasteiger charge is -2.12. The molecule has 0 saturated heterocycles. The van der Waals surface area contributed by atoms with Crippen molar-refractivity contribution in [1.82, 2.24) is 0 Å². The van der Waals surface area contributed by atoms with E-state index in [4.69, 9.17) is 9.88 Å². The molecule has 2 N–H and O–H groups in total. The van der Waals surface area contributed by atoms with Crippen molar-refractivity contribution >= 4 is 21.6 Å². The highest BCUT2D eigenvalue weighted by molar-refractivity contribution is 7.89. The van der Waals surface area contributed by atoms with Gasteiger partial charge in [-0.2, -0.15) is 0 Å². The molecule has 1 aliphatic carbocycles. The molecule has 1 aromatic carbocycles. The van der Waals surface area contributed by atoms with E-state index >= 15 is 0 Å². The summed E-state index contributed by atoms with van der Waals surface area (Å²) >= 11 is 0. The number of hydrogen-bond acceptors (Lipinski definition) is 4. The first kappa shape index (κ1) is 16.1.